The van der Waals surface area contributed by atoms with E-state index in [1.54, 1.807) is 0 Å². The fourth-order valence-corrected chi connectivity index (χ4v) is 5.01. The maximum Gasteiger partial charge on any atom is 0.0431 e. The molecule has 0 aromatic rings. The van der Waals surface area contributed by atoms with Gasteiger partial charge >= 0.3 is 0 Å². The van der Waals surface area contributed by atoms with Crippen LogP contribution in [0, 0.1) is 52.8 Å². The molecule has 2 nitrogen and oxygen atoms in total. The third kappa shape index (κ3) is 98.0. The minimum absolute atomic E-state index is 0.345. The second kappa shape index (κ2) is 47.1. The molecule has 0 spiro atoms. The minimum Gasteiger partial charge on any atom is -0.396 e. The molecule has 1 unspecified atom stereocenters. The second-order valence-corrected chi connectivity index (χ2v) is 20.6. The highest BCUT2D eigenvalue weighted by Gasteiger charge is 2.09. The largest absolute Gasteiger partial charge is 0.396 e. The SMILES string of the molecule is CC(C)CCC(C)(C)C.CC(C)CCC(C)C.CC(C)CCCN(C)C.CC(C)CCCO.CCC(C)CC(C)C.CCCCCCCCC(C)C. The fourth-order valence-electron chi connectivity index (χ4n) is 5.01. The molecule has 0 saturated heterocycles. The van der Waals surface area contributed by atoms with E-state index in [1.807, 2.05) is 0 Å². The van der Waals surface area contributed by atoms with Crippen LogP contribution in [0.2, 0.25) is 0 Å². The van der Waals surface area contributed by atoms with Crippen LogP contribution in [0.1, 0.15) is 248 Å². The highest BCUT2D eigenvalue weighted by molar-refractivity contribution is 4.62. The van der Waals surface area contributed by atoms with Crippen LogP contribution in [0.3, 0.4) is 0 Å². The van der Waals surface area contributed by atoms with Crippen molar-refractivity contribution >= 4 is 0 Å². The average molecular weight is 744 g/mol. The molecule has 1 atom stereocenters. The molecule has 0 fully saturated rings. The van der Waals surface area contributed by atoms with E-state index in [2.05, 4.69) is 157 Å². The average Bonchev–Trinajstić information content (AvgIpc) is 3.00. The van der Waals surface area contributed by atoms with Crippen LogP contribution in [0.5, 0.6) is 0 Å². The predicted octanol–water partition coefficient (Wildman–Crippen LogP) is 17.4. The molecule has 0 aromatic heterocycles. The second-order valence-electron chi connectivity index (χ2n) is 20.6. The summed E-state index contributed by atoms with van der Waals surface area (Å²) in [6, 6.07) is 0. The molecule has 52 heavy (non-hydrogen) atoms. The first-order valence-electron chi connectivity index (χ1n) is 23.1. The van der Waals surface area contributed by atoms with E-state index in [-0.39, 0.29) is 0 Å². The van der Waals surface area contributed by atoms with Gasteiger partial charge in [0.25, 0.3) is 0 Å². The zero-order valence-electron chi connectivity index (χ0n) is 41.4. The summed E-state index contributed by atoms with van der Waals surface area (Å²) in [4.78, 5) is 2.24. The molecule has 0 aromatic carbocycles. The van der Waals surface area contributed by atoms with E-state index < -0.39 is 0 Å². The van der Waals surface area contributed by atoms with Gasteiger partial charge in [-0.15, -0.1) is 0 Å². The number of aliphatic hydroxyl groups excluding tert-OH is 1. The van der Waals surface area contributed by atoms with Crippen molar-refractivity contribution in [3.63, 3.8) is 0 Å². The number of hydrogen-bond donors (Lipinski definition) is 1. The topological polar surface area (TPSA) is 23.5 Å². The van der Waals surface area contributed by atoms with Gasteiger partial charge in [-0.3, -0.25) is 0 Å². The maximum absolute atomic E-state index is 8.32. The van der Waals surface area contributed by atoms with Crippen LogP contribution in [0.25, 0.3) is 0 Å². The molecule has 0 saturated carbocycles. The summed E-state index contributed by atoms with van der Waals surface area (Å²) in [6.45, 7) is 47.1. The van der Waals surface area contributed by atoms with Crippen molar-refractivity contribution in [1.29, 1.82) is 0 Å². The monoisotopic (exact) mass is 744 g/mol. The van der Waals surface area contributed by atoms with Crippen molar-refractivity contribution in [3.05, 3.63) is 0 Å². The Morgan fingerprint density at radius 1 is 0.442 bits per heavy atom. The zero-order chi connectivity index (χ0) is 42.1. The molecule has 2 heteroatoms. The molecule has 0 heterocycles. The molecule has 324 valence electrons. The quantitative estimate of drug-likeness (QED) is 0.112. The Morgan fingerprint density at radius 3 is 1.06 bits per heavy atom. The van der Waals surface area contributed by atoms with Crippen molar-refractivity contribution in [1.82, 2.24) is 4.90 Å². The lowest BCUT2D eigenvalue weighted by molar-refractivity contribution is 0.276. The Bertz CT molecular complexity index is 566. The molecule has 0 aliphatic carbocycles. The molecule has 0 amide bonds. The third-order valence-corrected chi connectivity index (χ3v) is 8.83. The van der Waals surface area contributed by atoms with Gasteiger partial charge in [0.05, 0.1) is 0 Å². The standard InChI is InChI=1S/C11H24.C9H20.C8H19N.2C8H18.C6H14O/c1-4-5-6-7-8-9-10-11(2)3;1-8(2)6-7-9(3,4)5;1-8(2)6-5-7-9(3)4;1-7(2)5-6-8(3)4;1-5-8(4)6-7(2)3;1-6(2)4-3-5-7/h11H,4-10H2,1-3H3;8H,6-7H2,1-5H3;8H,5-7H2,1-4H3;2*7-8H,5-6H2,1-4H3;6-7H,3-5H2,1-2H3. The lowest BCUT2D eigenvalue weighted by Gasteiger charge is -2.18. The van der Waals surface area contributed by atoms with Gasteiger partial charge in [0.2, 0.25) is 0 Å². The van der Waals surface area contributed by atoms with Gasteiger partial charge in [0.15, 0.2) is 0 Å². The van der Waals surface area contributed by atoms with Gasteiger partial charge in [-0.25, -0.2) is 0 Å². The van der Waals surface area contributed by atoms with Crippen molar-refractivity contribution < 1.29 is 5.11 Å². The van der Waals surface area contributed by atoms with Crippen LogP contribution in [0.4, 0.5) is 0 Å². The summed E-state index contributed by atoms with van der Waals surface area (Å²) in [5.41, 5.74) is 0.532. The summed E-state index contributed by atoms with van der Waals surface area (Å²) >= 11 is 0. The lowest BCUT2D eigenvalue weighted by Crippen LogP contribution is -2.13. The van der Waals surface area contributed by atoms with Gasteiger partial charge in [-0.2, -0.15) is 0 Å². The van der Waals surface area contributed by atoms with Gasteiger partial charge in [-0.05, 0) is 112 Å². The normalized spacial score (nSPS) is 11.8. The smallest absolute Gasteiger partial charge is 0.0431 e. The van der Waals surface area contributed by atoms with E-state index >= 15 is 0 Å². The Hall–Kier alpha value is -0.0800. The van der Waals surface area contributed by atoms with Crippen LogP contribution < -0.4 is 0 Å². The number of rotatable bonds is 22. The third-order valence-electron chi connectivity index (χ3n) is 8.83. The van der Waals surface area contributed by atoms with Gasteiger partial charge in [0.1, 0.15) is 0 Å². The van der Waals surface area contributed by atoms with Crippen LogP contribution in [-0.4, -0.2) is 37.3 Å². The summed E-state index contributed by atoms with van der Waals surface area (Å²) in [5, 5.41) is 8.32. The minimum atomic E-state index is 0.345. The van der Waals surface area contributed by atoms with Crippen LogP contribution in [-0.2, 0) is 0 Å². The highest BCUT2D eigenvalue weighted by Crippen LogP contribution is 2.23. The first-order chi connectivity index (χ1) is 23.9. The molecular weight excluding hydrogens is 631 g/mol. The lowest BCUT2D eigenvalue weighted by atomic mass is 9.88. The molecule has 0 radical (unpaired) electrons. The molecule has 0 rings (SSSR count). The van der Waals surface area contributed by atoms with Gasteiger partial charge < -0.3 is 10.0 Å². The number of aliphatic hydroxyl groups is 1. The van der Waals surface area contributed by atoms with Crippen molar-refractivity contribution in [2.45, 2.75) is 248 Å². The van der Waals surface area contributed by atoms with E-state index in [0.29, 0.717) is 12.0 Å². The first-order valence-corrected chi connectivity index (χ1v) is 23.1. The van der Waals surface area contributed by atoms with Crippen molar-refractivity contribution in [3.8, 4) is 0 Å². The van der Waals surface area contributed by atoms with Crippen LogP contribution in [0.15, 0.2) is 0 Å². The molecule has 0 aliphatic rings. The molecule has 0 aliphatic heterocycles. The van der Waals surface area contributed by atoms with E-state index in [9.17, 15) is 0 Å². The summed E-state index contributed by atoms with van der Waals surface area (Å²) in [5.74, 6) is 6.96. The van der Waals surface area contributed by atoms with E-state index in [0.717, 1.165) is 60.2 Å². The van der Waals surface area contributed by atoms with Crippen LogP contribution >= 0.6 is 0 Å². The van der Waals surface area contributed by atoms with E-state index in [1.165, 1.54) is 103 Å². The fraction of sp³-hybridized carbons (Fsp3) is 1.00. The maximum atomic E-state index is 8.32. The Balaban J connectivity index is -0.000000123. The number of nitrogens with zero attached hydrogens (tertiary/aromatic N) is 1. The Kier molecular flexibility index (Phi) is 57.8. The zero-order valence-corrected chi connectivity index (χ0v) is 41.4. The van der Waals surface area contributed by atoms with Gasteiger partial charge in [0, 0.05) is 6.61 Å². The Morgan fingerprint density at radius 2 is 0.808 bits per heavy atom. The molecular formula is C50H113NO. The molecule has 0 bridgehead atoms. The Labute approximate surface area is 336 Å². The molecule has 1 N–H and O–H groups in total. The van der Waals surface area contributed by atoms with E-state index in [4.69, 9.17) is 5.11 Å². The van der Waals surface area contributed by atoms with Crippen molar-refractivity contribution in [2.24, 2.45) is 52.8 Å². The summed E-state index contributed by atoms with van der Waals surface area (Å²) < 4.78 is 0. The number of hydrogen-bond acceptors (Lipinski definition) is 2. The number of unbranched alkanes of at least 4 members (excludes halogenated alkanes) is 5. The highest BCUT2D eigenvalue weighted by atomic mass is 16.2. The predicted molar refractivity (Wildman–Crippen MR) is 248 cm³/mol. The summed E-state index contributed by atoms with van der Waals surface area (Å²) in [6.07, 6.45) is 23.0. The van der Waals surface area contributed by atoms with Crippen molar-refractivity contribution in [2.75, 3.05) is 27.2 Å². The first kappa shape index (κ1) is 63.8. The van der Waals surface area contributed by atoms with Gasteiger partial charge in [-0.1, -0.05) is 209 Å². The summed E-state index contributed by atoms with van der Waals surface area (Å²) in [7, 11) is 4.25.